The van der Waals surface area contributed by atoms with E-state index < -0.39 is 0 Å². The first-order valence-electron chi connectivity index (χ1n) is 23.2. The van der Waals surface area contributed by atoms with E-state index in [1.807, 2.05) is 6.07 Å². The van der Waals surface area contributed by atoms with E-state index in [9.17, 15) is 0 Å². The first-order chi connectivity index (χ1) is 34.2. The predicted octanol–water partition coefficient (Wildman–Crippen LogP) is 17.4. The van der Waals surface area contributed by atoms with Crippen molar-refractivity contribution in [2.24, 2.45) is 0 Å². The monoisotopic (exact) mass is 896 g/mol. The van der Waals surface area contributed by atoms with E-state index in [1.165, 1.54) is 42.4 Å². The molecule has 6 heteroatoms. The van der Waals surface area contributed by atoms with E-state index in [0.717, 1.165) is 87.3 Å². The summed E-state index contributed by atoms with van der Waals surface area (Å²) < 4.78 is 11.9. The Morgan fingerprint density at radius 2 is 0.971 bits per heavy atom. The number of benzene rings is 11. The van der Waals surface area contributed by atoms with Gasteiger partial charge in [0.25, 0.3) is 0 Å². The van der Waals surface area contributed by atoms with Crippen LogP contribution in [0.25, 0.3) is 147 Å². The average Bonchev–Trinajstić information content (AvgIpc) is 4.08. The van der Waals surface area contributed by atoms with Gasteiger partial charge in [0.2, 0.25) is 0 Å². The third-order valence-electron chi connectivity index (χ3n) is 14.0. The van der Waals surface area contributed by atoms with Crippen molar-refractivity contribution in [2.45, 2.75) is 0 Å². The molecule has 0 atom stereocenters. The second kappa shape index (κ2) is 14.8. The van der Waals surface area contributed by atoms with Gasteiger partial charge in [0.1, 0.15) is 5.58 Å². The smallest absolute Gasteiger partial charge is 0.165 e. The number of rotatable bonds is 5. The molecule has 0 bridgehead atoms. The van der Waals surface area contributed by atoms with Gasteiger partial charge in [0.15, 0.2) is 23.1 Å². The molecule has 15 rings (SSSR count). The highest BCUT2D eigenvalue weighted by Crippen LogP contribution is 2.45. The fraction of sp³-hybridized carbons (Fsp3) is 0. The van der Waals surface area contributed by atoms with Gasteiger partial charge in [-0.25, -0.2) is 15.0 Å². The van der Waals surface area contributed by atoms with Crippen molar-refractivity contribution in [3.8, 4) is 51.0 Å². The van der Waals surface area contributed by atoms with Crippen molar-refractivity contribution in [3.63, 3.8) is 0 Å². The van der Waals surface area contributed by atoms with Gasteiger partial charge in [-0.15, -0.1) is 11.3 Å². The van der Waals surface area contributed by atoms with Gasteiger partial charge in [-0.1, -0.05) is 170 Å². The van der Waals surface area contributed by atoms with Crippen LogP contribution in [-0.2, 0) is 0 Å². The fourth-order valence-electron chi connectivity index (χ4n) is 10.7. The molecule has 0 aliphatic carbocycles. The quantitative estimate of drug-likeness (QED) is 0.173. The molecule has 4 aromatic heterocycles. The Morgan fingerprint density at radius 3 is 1.77 bits per heavy atom. The maximum absolute atomic E-state index is 7.14. The van der Waals surface area contributed by atoms with Crippen molar-refractivity contribution >= 4 is 108 Å². The van der Waals surface area contributed by atoms with E-state index in [4.69, 9.17) is 19.4 Å². The number of nitrogens with zero attached hydrogens (tertiary/aromatic N) is 4. The Morgan fingerprint density at radius 1 is 0.362 bits per heavy atom. The number of aromatic nitrogens is 4. The molecule has 5 nitrogen and oxygen atoms in total. The predicted molar refractivity (Wildman–Crippen MR) is 289 cm³/mol. The highest BCUT2D eigenvalue weighted by atomic mass is 32.1. The Bertz CT molecular complexity index is 4600. The molecule has 0 aliphatic rings. The Balaban J connectivity index is 1.06. The van der Waals surface area contributed by atoms with Gasteiger partial charge in [0, 0.05) is 63.8 Å². The maximum atomic E-state index is 7.14. The molecule has 0 amide bonds. The zero-order valence-corrected chi connectivity index (χ0v) is 37.7. The average molecular weight is 897 g/mol. The lowest BCUT2D eigenvalue weighted by Crippen LogP contribution is -2.02. The van der Waals surface area contributed by atoms with Crippen LogP contribution in [0.15, 0.2) is 223 Å². The van der Waals surface area contributed by atoms with Crippen molar-refractivity contribution in [1.82, 2.24) is 19.5 Å². The highest BCUT2D eigenvalue weighted by Gasteiger charge is 2.24. The number of hydrogen-bond acceptors (Lipinski definition) is 5. The zero-order valence-electron chi connectivity index (χ0n) is 36.9. The molecule has 0 aliphatic heterocycles. The summed E-state index contributed by atoms with van der Waals surface area (Å²) in [4.78, 5) is 16.3. The van der Waals surface area contributed by atoms with Crippen LogP contribution in [0.2, 0.25) is 0 Å². The minimum atomic E-state index is 0.578. The van der Waals surface area contributed by atoms with Gasteiger partial charge in [-0.05, 0) is 86.6 Å². The molecule has 4 heterocycles. The molecule has 69 heavy (non-hydrogen) atoms. The first-order valence-corrected chi connectivity index (χ1v) is 24.1. The SMILES string of the molecule is c1ccc(-c2ccc(-c3nc(-c4cc(-n5c6cc7ccccc7cc6c6ccc7ccccc7c65)c5oc6cc7ccccc7cc6c5c4)nc(-c4cccc5c4sc4ccccc45)n3)cc2)cc1. The third kappa shape index (κ3) is 5.92. The van der Waals surface area contributed by atoms with Crippen molar-refractivity contribution in [3.05, 3.63) is 218 Å². The van der Waals surface area contributed by atoms with E-state index in [1.54, 1.807) is 11.3 Å². The number of hydrogen-bond donors (Lipinski definition) is 0. The summed E-state index contributed by atoms with van der Waals surface area (Å²) in [6.45, 7) is 0. The van der Waals surface area contributed by atoms with E-state index in [0.29, 0.717) is 17.5 Å². The van der Waals surface area contributed by atoms with Gasteiger partial charge in [-0.3, -0.25) is 0 Å². The van der Waals surface area contributed by atoms with Crippen LogP contribution < -0.4 is 0 Å². The Hall–Kier alpha value is -8.97. The molecule has 0 N–H and O–H groups in total. The van der Waals surface area contributed by atoms with Gasteiger partial charge < -0.3 is 8.98 Å². The van der Waals surface area contributed by atoms with Crippen molar-refractivity contribution in [1.29, 1.82) is 0 Å². The number of thiophene rings is 1. The minimum Gasteiger partial charge on any atom is -0.454 e. The molecular weight excluding hydrogens is 861 g/mol. The van der Waals surface area contributed by atoms with E-state index in [-0.39, 0.29) is 0 Å². The lowest BCUT2D eigenvalue weighted by molar-refractivity contribution is 0.667. The molecule has 0 unspecified atom stereocenters. The normalized spacial score (nSPS) is 12.1. The summed E-state index contributed by atoms with van der Waals surface area (Å²) in [6, 6.07) is 78.0. The van der Waals surface area contributed by atoms with Gasteiger partial charge >= 0.3 is 0 Å². The molecule has 0 saturated carbocycles. The highest BCUT2D eigenvalue weighted by molar-refractivity contribution is 7.26. The van der Waals surface area contributed by atoms with Crippen LogP contribution in [-0.4, -0.2) is 19.5 Å². The van der Waals surface area contributed by atoms with E-state index in [2.05, 4.69) is 217 Å². The second-order valence-corrected chi connectivity index (χ2v) is 19.0. The van der Waals surface area contributed by atoms with Gasteiger partial charge in [0.05, 0.1) is 16.7 Å². The van der Waals surface area contributed by atoms with Crippen LogP contribution in [0.4, 0.5) is 0 Å². The molecule has 0 fully saturated rings. The fourth-order valence-corrected chi connectivity index (χ4v) is 11.9. The van der Waals surface area contributed by atoms with Crippen LogP contribution >= 0.6 is 11.3 Å². The Kier molecular flexibility index (Phi) is 8.17. The molecule has 0 saturated heterocycles. The molecule has 0 radical (unpaired) electrons. The molecule has 0 spiro atoms. The summed E-state index contributed by atoms with van der Waals surface area (Å²) in [6.07, 6.45) is 0. The summed E-state index contributed by atoms with van der Waals surface area (Å²) in [7, 11) is 0. The summed E-state index contributed by atoms with van der Waals surface area (Å²) in [5.41, 5.74) is 9.78. The summed E-state index contributed by atoms with van der Waals surface area (Å²) >= 11 is 1.78. The Labute approximate surface area is 398 Å². The second-order valence-electron chi connectivity index (χ2n) is 17.9. The topological polar surface area (TPSA) is 56.7 Å². The summed E-state index contributed by atoms with van der Waals surface area (Å²) in [5.74, 6) is 1.81. The number of fused-ring (bicyclic) bond motifs is 13. The van der Waals surface area contributed by atoms with E-state index >= 15 is 0 Å². The number of furan rings is 1. The molecule has 320 valence electrons. The van der Waals surface area contributed by atoms with Crippen LogP contribution in [0.5, 0.6) is 0 Å². The largest absolute Gasteiger partial charge is 0.454 e. The third-order valence-corrected chi connectivity index (χ3v) is 15.2. The van der Waals surface area contributed by atoms with Crippen molar-refractivity contribution in [2.75, 3.05) is 0 Å². The molecule has 15 aromatic rings. The minimum absolute atomic E-state index is 0.578. The van der Waals surface area contributed by atoms with Gasteiger partial charge in [-0.2, -0.15) is 0 Å². The lowest BCUT2D eigenvalue weighted by atomic mass is 10.0. The van der Waals surface area contributed by atoms with Crippen LogP contribution in [0, 0.1) is 0 Å². The zero-order chi connectivity index (χ0) is 45.2. The molecule has 11 aromatic carbocycles. The first kappa shape index (κ1) is 38.2. The lowest BCUT2D eigenvalue weighted by Gasteiger charge is -2.14. The molecular formula is C63H36N4OS. The van der Waals surface area contributed by atoms with Crippen molar-refractivity contribution < 1.29 is 4.42 Å². The van der Waals surface area contributed by atoms with Crippen LogP contribution in [0.3, 0.4) is 0 Å². The maximum Gasteiger partial charge on any atom is 0.165 e. The standard InChI is InChI=1S/C63H36N4OS/c1-2-13-37(14-3-1)38-25-27-40(28-26-38)61-64-62(66-63(65-61)50-23-12-22-49-47-21-10-11-24-57(47)69-60(49)50)45-33-53-52-32-42-17-5-7-19-44(42)36-56(52)68-59(53)55(35-45)67-54-34-43-18-6-4-16-41(43)31-51(54)48-30-29-39-15-8-9-20-46(39)58(48)67/h1-36H. The summed E-state index contributed by atoms with van der Waals surface area (Å²) in [5, 5.41) is 13.8. The van der Waals surface area contributed by atoms with Crippen LogP contribution in [0.1, 0.15) is 0 Å².